The van der Waals surface area contributed by atoms with Crippen LogP contribution in [-0.2, 0) is 6.54 Å². The molecule has 0 bridgehead atoms. The highest BCUT2D eigenvalue weighted by Crippen LogP contribution is 2.28. The molecule has 5 heteroatoms. The molecular formula is C13H17ClN2O2. The van der Waals surface area contributed by atoms with Crippen molar-refractivity contribution in [1.82, 2.24) is 4.90 Å². The molecule has 1 aliphatic carbocycles. The van der Waals surface area contributed by atoms with Gasteiger partial charge in [0, 0.05) is 30.2 Å². The van der Waals surface area contributed by atoms with E-state index >= 15 is 0 Å². The fourth-order valence-corrected chi connectivity index (χ4v) is 2.44. The van der Waals surface area contributed by atoms with Gasteiger partial charge in [0.2, 0.25) is 0 Å². The largest absolute Gasteiger partial charge is 0.302 e. The van der Waals surface area contributed by atoms with Crippen LogP contribution in [0.2, 0.25) is 5.02 Å². The summed E-state index contributed by atoms with van der Waals surface area (Å²) in [7, 11) is 2.04. The number of nitrogens with zero attached hydrogens (tertiary/aromatic N) is 2. The van der Waals surface area contributed by atoms with Crippen LogP contribution >= 0.6 is 11.6 Å². The van der Waals surface area contributed by atoms with E-state index in [1.165, 1.54) is 25.3 Å². The Bertz CT molecular complexity index is 447. The third-order valence-corrected chi connectivity index (χ3v) is 3.84. The van der Waals surface area contributed by atoms with Gasteiger partial charge in [-0.25, -0.2) is 0 Å². The highest BCUT2D eigenvalue weighted by Gasteiger charge is 2.19. The summed E-state index contributed by atoms with van der Waals surface area (Å²) in [5.41, 5.74) is 0.930. The lowest BCUT2D eigenvalue weighted by Gasteiger charge is -2.30. The van der Waals surface area contributed by atoms with Gasteiger partial charge in [0.25, 0.3) is 5.69 Å². The molecule has 0 atom stereocenters. The van der Waals surface area contributed by atoms with E-state index < -0.39 is 0 Å². The predicted octanol–water partition coefficient (Wildman–Crippen LogP) is 3.48. The van der Waals surface area contributed by atoms with Gasteiger partial charge in [-0.3, -0.25) is 10.1 Å². The summed E-state index contributed by atoms with van der Waals surface area (Å²) in [5, 5.41) is 11.3. The molecule has 1 saturated carbocycles. The number of rotatable bonds is 5. The molecule has 98 valence electrons. The van der Waals surface area contributed by atoms with Crippen molar-refractivity contribution < 1.29 is 4.92 Å². The van der Waals surface area contributed by atoms with Crippen LogP contribution < -0.4 is 0 Å². The lowest BCUT2D eigenvalue weighted by Crippen LogP contribution is -2.29. The Morgan fingerprint density at radius 2 is 2.22 bits per heavy atom. The summed E-state index contributed by atoms with van der Waals surface area (Å²) in [4.78, 5) is 12.5. The van der Waals surface area contributed by atoms with Gasteiger partial charge in [-0.05, 0) is 37.4 Å². The average Bonchev–Trinajstić information content (AvgIpc) is 2.26. The number of hydrogen-bond acceptors (Lipinski definition) is 3. The van der Waals surface area contributed by atoms with E-state index in [9.17, 15) is 10.1 Å². The smallest absolute Gasteiger partial charge is 0.269 e. The third kappa shape index (κ3) is 3.21. The Kier molecular flexibility index (Phi) is 4.19. The number of halogens is 1. The van der Waals surface area contributed by atoms with Crippen molar-refractivity contribution in [2.45, 2.75) is 25.8 Å². The topological polar surface area (TPSA) is 46.4 Å². The van der Waals surface area contributed by atoms with E-state index in [0.29, 0.717) is 11.6 Å². The second kappa shape index (κ2) is 5.67. The summed E-state index contributed by atoms with van der Waals surface area (Å²) in [6.07, 6.45) is 3.93. The predicted molar refractivity (Wildman–Crippen MR) is 71.8 cm³/mol. The van der Waals surface area contributed by atoms with Crippen molar-refractivity contribution in [3.05, 3.63) is 38.9 Å². The van der Waals surface area contributed by atoms with Crippen LogP contribution in [0.15, 0.2) is 18.2 Å². The summed E-state index contributed by atoms with van der Waals surface area (Å²) in [6.45, 7) is 1.70. The highest BCUT2D eigenvalue weighted by atomic mass is 35.5. The maximum Gasteiger partial charge on any atom is 0.269 e. The minimum absolute atomic E-state index is 0.103. The molecule has 0 aliphatic heterocycles. The zero-order valence-electron chi connectivity index (χ0n) is 10.4. The number of non-ortho nitro benzene ring substituents is 1. The van der Waals surface area contributed by atoms with Gasteiger partial charge in [0.1, 0.15) is 0 Å². The van der Waals surface area contributed by atoms with Crippen molar-refractivity contribution in [2.75, 3.05) is 13.6 Å². The molecule has 0 unspecified atom stereocenters. The molecule has 1 aromatic rings. The van der Waals surface area contributed by atoms with E-state index in [2.05, 4.69) is 4.90 Å². The fraction of sp³-hybridized carbons (Fsp3) is 0.538. The van der Waals surface area contributed by atoms with E-state index in [1.807, 2.05) is 7.05 Å². The molecule has 0 N–H and O–H groups in total. The highest BCUT2D eigenvalue weighted by molar-refractivity contribution is 6.31. The Morgan fingerprint density at radius 3 is 2.78 bits per heavy atom. The Balaban J connectivity index is 2.02. The molecular weight excluding hydrogens is 252 g/mol. The van der Waals surface area contributed by atoms with Crippen LogP contribution in [0.25, 0.3) is 0 Å². The van der Waals surface area contributed by atoms with E-state index in [-0.39, 0.29) is 10.6 Å². The van der Waals surface area contributed by atoms with Crippen molar-refractivity contribution in [1.29, 1.82) is 0 Å². The summed E-state index contributed by atoms with van der Waals surface area (Å²) in [5.74, 6) is 0.785. The summed E-state index contributed by atoms with van der Waals surface area (Å²) >= 11 is 6.08. The van der Waals surface area contributed by atoms with Crippen LogP contribution in [0.3, 0.4) is 0 Å². The second-order valence-corrected chi connectivity index (χ2v) is 5.43. The summed E-state index contributed by atoms with van der Waals surface area (Å²) in [6, 6.07) is 4.61. The second-order valence-electron chi connectivity index (χ2n) is 5.03. The first-order valence-electron chi connectivity index (χ1n) is 6.17. The molecule has 4 nitrogen and oxygen atoms in total. The lowest BCUT2D eigenvalue weighted by molar-refractivity contribution is -0.384. The number of nitro groups is 1. The van der Waals surface area contributed by atoms with Gasteiger partial charge in [-0.2, -0.15) is 0 Å². The van der Waals surface area contributed by atoms with E-state index in [4.69, 9.17) is 11.6 Å². The maximum atomic E-state index is 10.7. The van der Waals surface area contributed by atoms with Crippen LogP contribution in [0, 0.1) is 16.0 Å². The molecule has 0 saturated heterocycles. The Labute approximate surface area is 112 Å². The zero-order valence-corrected chi connectivity index (χ0v) is 11.2. The number of nitro benzene ring substituents is 1. The molecule has 0 aromatic heterocycles. The van der Waals surface area contributed by atoms with Gasteiger partial charge in [0.05, 0.1) is 4.92 Å². The molecule has 1 aromatic carbocycles. The molecule has 0 amide bonds. The monoisotopic (exact) mass is 268 g/mol. The van der Waals surface area contributed by atoms with Crippen molar-refractivity contribution in [2.24, 2.45) is 5.92 Å². The molecule has 1 fully saturated rings. The van der Waals surface area contributed by atoms with Crippen LogP contribution in [0.4, 0.5) is 5.69 Å². The molecule has 0 radical (unpaired) electrons. The van der Waals surface area contributed by atoms with Gasteiger partial charge < -0.3 is 4.90 Å². The van der Waals surface area contributed by atoms with Gasteiger partial charge in [0.15, 0.2) is 0 Å². The molecule has 2 rings (SSSR count). The SMILES string of the molecule is CN(Cc1cc([N+](=O)[O-])ccc1Cl)CC1CCC1. The van der Waals surface area contributed by atoms with Gasteiger partial charge in [-0.15, -0.1) is 0 Å². The molecule has 18 heavy (non-hydrogen) atoms. The van der Waals surface area contributed by atoms with Crippen molar-refractivity contribution in [3.63, 3.8) is 0 Å². The Hall–Kier alpha value is -1.13. The van der Waals surface area contributed by atoms with E-state index in [1.54, 1.807) is 12.1 Å². The van der Waals surface area contributed by atoms with E-state index in [0.717, 1.165) is 18.0 Å². The zero-order chi connectivity index (χ0) is 13.1. The minimum atomic E-state index is -0.383. The molecule has 0 spiro atoms. The molecule has 0 heterocycles. The number of hydrogen-bond donors (Lipinski definition) is 0. The average molecular weight is 269 g/mol. The van der Waals surface area contributed by atoms with Crippen molar-refractivity contribution in [3.8, 4) is 0 Å². The van der Waals surface area contributed by atoms with Crippen LogP contribution in [-0.4, -0.2) is 23.4 Å². The first-order valence-corrected chi connectivity index (χ1v) is 6.55. The van der Waals surface area contributed by atoms with Crippen molar-refractivity contribution >= 4 is 17.3 Å². The van der Waals surface area contributed by atoms with Crippen LogP contribution in [0.5, 0.6) is 0 Å². The van der Waals surface area contributed by atoms with Gasteiger partial charge in [-0.1, -0.05) is 18.0 Å². The third-order valence-electron chi connectivity index (χ3n) is 3.47. The fourth-order valence-electron chi connectivity index (χ4n) is 2.27. The standard InChI is InChI=1S/C13H17ClN2O2/c1-15(8-10-3-2-4-10)9-11-7-12(16(17)18)5-6-13(11)14/h5-7,10H,2-4,8-9H2,1H3. The summed E-state index contributed by atoms with van der Waals surface area (Å²) < 4.78 is 0. The quantitative estimate of drug-likeness (QED) is 0.607. The number of benzene rings is 1. The minimum Gasteiger partial charge on any atom is -0.302 e. The molecule has 1 aliphatic rings. The lowest BCUT2D eigenvalue weighted by atomic mass is 9.85. The van der Waals surface area contributed by atoms with Gasteiger partial charge >= 0.3 is 0 Å². The maximum absolute atomic E-state index is 10.7. The normalized spacial score (nSPS) is 15.7. The van der Waals surface area contributed by atoms with Crippen LogP contribution in [0.1, 0.15) is 24.8 Å². The first kappa shape index (κ1) is 13.3. The first-order chi connectivity index (χ1) is 8.56. The Morgan fingerprint density at radius 1 is 1.50 bits per heavy atom.